The molecule has 0 aliphatic heterocycles. The van der Waals surface area contributed by atoms with Crippen molar-refractivity contribution in [2.45, 2.75) is 19.9 Å². The molecule has 0 saturated carbocycles. The molecular formula is C8H8Br2N4O. The first-order chi connectivity index (χ1) is 7.19. The lowest BCUT2D eigenvalue weighted by Gasteiger charge is -1.96. The van der Waals surface area contributed by atoms with Gasteiger partial charge < -0.3 is 4.52 Å². The number of hydrogen-bond donors (Lipinski definition) is 0. The summed E-state index contributed by atoms with van der Waals surface area (Å²) in [6.07, 6.45) is 0.771. The predicted octanol–water partition coefficient (Wildman–Crippen LogP) is 2.40. The minimum absolute atomic E-state index is 0.471. The van der Waals surface area contributed by atoms with E-state index in [0.29, 0.717) is 18.3 Å². The highest BCUT2D eigenvalue weighted by Gasteiger charge is 2.09. The summed E-state index contributed by atoms with van der Waals surface area (Å²) < 4.78 is 8.43. The summed E-state index contributed by atoms with van der Waals surface area (Å²) in [6.45, 7) is 2.45. The van der Waals surface area contributed by atoms with Gasteiger partial charge in [-0.15, -0.1) is 0 Å². The first-order valence-corrected chi connectivity index (χ1v) is 5.98. The average molecular weight is 336 g/mol. The van der Waals surface area contributed by atoms with E-state index in [-0.39, 0.29) is 0 Å². The van der Waals surface area contributed by atoms with Crippen molar-refractivity contribution in [3.8, 4) is 0 Å². The van der Waals surface area contributed by atoms with Gasteiger partial charge in [-0.05, 0) is 31.9 Å². The minimum atomic E-state index is 0.471. The van der Waals surface area contributed by atoms with Gasteiger partial charge in [-0.1, -0.05) is 12.1 Å². The maximum atomic E-state index is 5.07. The van der Waals surface area contributed by atoms with Gasteiger partial charge in [0, 0.05) is 12.5 Å². The van der Waals surface area contributed by atoms with E-state index in [1.165, 1.54) is 0 Å². The van der Waals surface area contributed by atoms with Gasteiger partial charge in [0.15, 0.2) is 5.82 Å². The average Bonchev–Trinajstić information content (AvgIpc) is 2.75. The van der Waals surface area contributed by atoms with Crippen LogP contribution in [0.15, 0.2) is 19.8 Å². The summed E-state index contributed by atoms with van der Waals surface area (Å²) in [6, 6.07) is 1.86. The SMILES string of the molecule is CCc1noc(Cn2nc(Br)cc2Br)n1. The second-order valence-electron chi connectivity index (χ2n) is 2.91. The quantitative estimate of drug-likeness (QED) is 0.864. The summed E-state index contributed by atoms with van der Waals surface area (Å²) in [5, 5.41) is 8.01. The van der Waals surface area contributed by atoms with Crippen LogP contribution in [0, 0.1) is 0 Å². The van der Waals surface area contributed by atoms with E-state index in [1.54, 1.807) is 4.68 Å². The topological polar surface area (TPSA) is 56.7 Å². The van der Waals surface area contributed by atoms with Crippen LogP contribution in [0.5, 0.6) is 0 Å². The third-order valence-electron chi connectivity index (χ3n) is 1.81. The molecule has 2 rings (SSSR count). The lowest BCUT2D eigenvalue weighted by Crippen LogP contribution is -2.02. The van der Waals surface area contributed by atoms with E-state index in [0.717, 1.165) is 15.6 Å². The number of hydrogen-bond acceptors (Lipinski definition) is 4. The van der Waals surface area contributed by atoms with Crippen molar-refractivity contribution in [1.82, 2.24) is 19.9 Å². The molecule has 0 spiro atoms. The standard InChI is InChI=1S/C8H8Br2N4O/c1-2-7-11-8(15-13-7)4-14-6(10)3-5(9)12-14/h3H,2,4H2,1H3. The van der Waals surface area contributed by atoms with E-state index in [4.69, 9.17) is 4.52 Å². The van der Waals surface area contributed by atoms with Crippen LogP contribution in [-0.2, 0) is 13.0 Å². The van der Waals surface area contributed by atoms with Crippen molar-refractivity contribution in [2.75, 3.05) is 0 Å². The number of nitrogens with zero attached hydrogens (tertiary/aromatic N) is 4. The minimum Gasteiger partial charge on any atom is -0.337 e. The second kappa shape index (κ2) is 4.44. The number of aromatic nitrogens is 4. The molecule has 2 aromatic rings. The van der Waals surface area contributed by atoms with Gasteiger partial charge in [0.25, 0.3) is 0 Å². The molecular weight excluding hydrogens is 328 g/mol. The Morgan fingerprint density at radius 2 is 2.27 bits per heavy atom. The third-order valence-corrected chi connectivity index (χ3v) is 2.84. The second-order valence-corrected chi connectivity index (χ2v) is 4.53. The molecule has 0 N–H and O–H groups in total. The lowest BCUT2D eigenvalue weighted by molar-refractivity contribution is 0.360. The fourth-order valence-electron chi connectivity index (χ4n) is 1.10. The smallest absolute Gasteiger partial charge is 0.248 e. The molecule has 0 bridgehead atoms. The summed E-state index contributed by atoms with van der Waals surface area (Å²) >= 11 is 6.67. The molecule has 5 nitrogen and oxygen atoms in total. The van der Waals surface area contributed by atoms with Crippen molar-refractivity contribution in [1.29, 1.82) is 0 Å². The first kappa shape index (κ1) is 10.8. The lowest BCUT2D eigenvalue weighted by atomic mass is 10.5. The van der Waals surface area contributed by atoms with E-state index in [2.05, 4.69) is 47.1 Å². The highest BCUT2D eigenvalue weighted by molar-refractivity contribution is 9.11. The molecule has 15 heavy (non-hydrogen) atoms. The third kappa shape index (κ3) is 2.46. The van der Waals surface area contributed by atoms with Crippen LogP contribution in [0.25, 0.3) is 0 Å². The molecule has 2 aromatic heterocycles. The number of aryl methyl sites for hydroxylation is 1. The zero-order chi connectivity index (χ0) is 10.8. The van der Waals surface area contributed by atoms with Crippen LogP contribution in [-0.4, -0.2) is 19.9 Å². The highest BCUT2D eigenvalue weighted by Crippen LogP contribution is 2.17. The van der Waals surface area contributed by atoms with Gasteiger partial charge in [0.05, 0.1) is 0 Å². The van der Waals surface area contributed by atoms with Crippen LogP contribution >= 0.6 is 31.9 Å². The molecule has 0 saturated heterocycles. The monoisotopic (exact) mass is 334 g/mol. The maximum Gasteiger partial charge on any atom is 0.248 e. The molecule has 0 atom stereocenters. The van der Waals surface area contributed by atoms with Crippen LogP contribution in [0.4, 0.5) is 0 Å². The molecule has 7 heteroatoms. The summed E-state index contributed by atoms with van der Waals surface area (Å²) in [4.78, 5) is 4.20. The Bertz CT molecular complexity index is 465. The maximum absolute atomic E-state index is 5.07. The van der Waals surface area contributed by atoms with E-state index in [1.807, 2.05) is 13.0 Å². The Morgan fingerprint density at radius 1 is 1.47 bits per heavy atom. The van der Waals surface area contributed by atoms with Crippen LogP contribution in [0.3, 0.4) is 0 Å². The largest absolute Gasteiger partial charge is 0.337 e. The molecule has 0 amide bonds. The highest BCUT2D eigenvalue weighted by atomic mass is 79.9. The Labute approximate surface area is 103 Å². The van der Waals surface area contributed by atoms with Crippen LogP contribution < -0.4 is 0 Å². The Kier molecular flexibility index (Phi) is 3.20. The Morgan fingerprint density at radius 3 is 2.80 bits per heavy atom. The van der Waals surface area contributed by atoms with Crippen molar-refractivity contribution in [3.63, 3.8) is 0 Å². The molecule has 0 aliphatic rings. The number of rotatable bonds is 3. The van der Waals surface area contributed by atoms with Gasteiger partial charge in [-0.2, -0.15) is 10.1 Å². The molecule has 80 valence electrons. The normalized spacial score (nSPS) is 10.9. The zero-order valence-corrected chi connectivity index (χ0v) is 11.1. The van der Waals surface area contributed by atoms with Crippen molar-refractivity contribution in [2.24, 2.45) is 0 Å². The van der Waals surface area contributed by atoms with Gasteiger partial charge in [0.2, 0.25) is 5.89 Å². The fourth-order valence-corrected chi connectivity index (χ4v) is 2.24. The van der Waals surface area contributed by atoms with E-state index in [9.17, 15) is 0 Å². The van der Waals surface area contributed by atoms with E-state index < -0.39 is 0 Å². The number of halogens is 2. The summed E-state index contributed by atoms with van der Waals surface area (Å²) in [5.41, 5.74) is 0. The van der Waals surface area contributed by atoms with Gasteiger partial charge in [-0.25, -0.2) is 4.68 Å². The molecule has 0 fully saturated rings. The van der Waals surface area contributed by atoms with Gasteiger partial charge in [-0.3, -0.25) is 0 Å². The summed E-state index contributed by atoms with van der Waals surface area (Å²) in [5.74, 6) is 1.27. The molecule has 2 heterocycles. The van der Waals surface area contributed by atoms with Gasteiger partial charge >= 0.3 is 0 Å². The fraction of sp³-hybridized carbons (Fsp3) is 0.375. The van der Waals surface area contributed by atoms with Crippen LogP contribution in [0.1, 0.15) is 18.6 Å². The molecule has 0 radical (unpaired) electrons. The first-order valence-electron chi connectivity index (χ1n) is 4.39. The molecule has 0 unspecified atom stereocenters. The predicted molar refractivity (Wildman–Crippen MR) is 60.4 cm³/mol. The zero-order valence-electron chi connectivity index (χ0n) is 7.94. The summed E-state index contributed by atoms with van der Waals surface area (Å²) in [7, 11) is 0. The Balaban J connectivity index is 2.17. The molecule has 0 aliphatic carbocycles. The van der Waals surface area contributed by atoms with Gasteiger partial charge in [0.1, 0.15) is 15.8 Å². The van der Waals surface area contributed by atoms with Crippen molar-refractivity contribution in [3.05, 3.63) is 27.0 Å². The van der Waals surface area contributed by atoms with Crippen molar-refractivity contribution < 1.29 is 4.52 Å². The van der Waals surface area contributed by atoms with Crippen molar-refractivity contribution >= 4 is 31.9 Å². The molecule has 0 aromatic carbocycles. The van der Waals surface area contributed by atoms with Crippen LogP contribution in [0.2, 0.25) is 0 Å². The Hall–Kier alpha value is -0.690. The van der Waals surface area contributed by atoms with E-state index >= 15 is 0 Å².